The van der Waals surface area contributed by atoms with E-state index in [0.717, 1.165) is 12.8 Å². The third-order valence-electron chi connectivity index (χ3n) is 3.66. The van der Waals surface area contributed by atoms with Crippen LogP contribution >= 0.6 is 0 Å². The van der Waals surface area contributed by atoms with E-state index < -0.39 is 24.8 Å². The first-order valence-corrected chi connectivity index (χ1v) is 7.50. The van der Waals surface area contributed by atoms with Gasteiger partial charge in [-0.25, -0.2) is 4.79 Å². The lowest BCUT2D eigenvalue weighted by atomic mass is 10.1. The van der Waals surface area contributed by atoms with Crippen molar-refractivity contribution in [3.8, 4) is 5.75 Å². The molecule has 1 saturated carbocycles. The topological polar surface area (TPSA) is 66.8 Å². The first kappa shape index (κ1) is 18.1. The summed E-state index contributed by atoms with van der Waals surface area (Å²) >= 11 is 0. The highest BCUT2D eigenvalue weighted by Crippen LogP contribution is 2.29. The van der Waals surface area contributed by atoms with E-state index >= 15 is 0 Å². The lowest BCUT2D eigenvalue weighted by Crippen LogP contribution is -2.45. The van der Waals surface area contributed by atoms with Gasteiger partial charge in [0.2, 0.25) is 5.91 Å². The molecule has 0 aliphatic heterocycles. The van der Waals surface area contributed by atoms with Crippen molar-refractivity contribution >= 4 is 11.9 Å². The van der Waals surface area contributed by atoms with Gasteiger partial charge in [0.1, 0.15) is 11.8 Å². The average molecular weight is 345 g/mol. The molecule has 1 aliphatic carbocycles. The molecular weight excluding hydrogens is 327 g/mol. The fraction of sp³-hybridized carbons (Fsp3) is 0.500. The van der Waals surface area contributed by atoms with Crippen molar-refractivity contribution in [1.29, 1.82) is 0 Å². The Morgan fingerprint density at radius 3 is 2.58 bits per heavy atom. The molecule has 0 heterocycles. The monoisotopic (exact) mass is 345 g/mol. The molecule has 1 aromatic carbocycles. The van der Waals surface area contributed by atoms with Crippen molar-refractivity contribution < 1.29 is 32.6 Å². The molecule has 0 saturated heterocycles. The van der Waals surface area contributed by atoms with Crippen LogP contribution in [0.1, 0.15) is 25.3 Å². The van der Waals surface area contributed by atoms with Crippen LogP contribution in [0.25, 0.3) is 0 Å². The molecule has 8 heteroatoms. The number of rotatable bonds is 7. The molecule has 24 heavy (non-hydrogen) atoms. The van der Waals surface area contributed by atoms with Gasteiger partial charge >= 0.3 is 12.1 Å². The number of halogens is 3. The van der Waals surface area contributed by atoms with E-state index in [-0.39, 0.29) is 24.1 Å². The summed E-state index contributed by atoms with van der Waals surface area (Å²) in [6.45, 7) is 0.0378. The first-order chi connectivity index (χ1) is 11.2. The average Bonchev–Trinajstić information content (AvgIpc) is 3.29. The van der Waals surface area contributed by atoms with Crippen LogP contribution in [0.15, 0.2) is 24.3 Å². The van der Waals surface area contributed by atoms with E-state index in [1.807, 2.05) is 0 Å². The zero-order chi connectivity index (χ0) is 17.9. The molecule has 132 valence electrons. The molecule has 2 rings (SSSR count). The summed E-state index contributed by atoms with van der Waals surface area (Å²) in [5.74, 6) is -1.43. The molecule has 1 aromatic rings. The number of alkyl halides is 3. The molecule has 0 aromatic heterocycles. The largest absolute Gasteiger partial charge is 0.484 e. The van der Waals surface area contributed by atoms with Gasteiger partial charge in [0.15, 0.2) is 6.61 Å². The summed E-state index contributed by atoms with van der Waals surface area (Å²) < 4.78 is 41.2. The van der Waals surface area contributed by atoms with E-state index in [1.165, 1.54) is 30.0 Å². The van der Waals surface area contributed by atoms with Gasteiger partial charge in [-0.2, -0.15) is 13.2 Å². The second-order valence-electron chi connectivity index (χ2n) is 5.77. The number of nitrogens with zero attached hydrogens (tertiary/aromatic N) is 1. The highest BCUT2D eigenvalue weighted by atomic mass is 19.4. The molecule has 1 aliphatic rings. The summed E-state index contributed by atoms with van der Waals surface area (Å²) in [7, 11) is 0. The summed E-state index contributed by atoms with van der Waals surface area (Å²) in [4.78, 5) is 24.9. The maximum Gasteiger partial charge on any atom is 0.422 e. The number of carboxylic acid groups (broad SMARTS) is 1. The van der Waals surface area contributed by atoms with Gasteiger partial charge in [-0.05, 0) is 37.5 Å². The summed E-state index contributed by atoms with van der Waals surface area (Å²) in [5.41, 5.74) is 0.475. The fourth-order valence-corrected chi connectivity index (χ4v) is 2.38. The Kier molecular flexibility index (Phi) is 5.36. The second-order valence-corrected chi connectivity index (χ2v) is 5.77. The van der Waals surface area contributed by atoms with Crippen LogP contribution in [0.2, 0.25) is 0 Å². The van der Waals surface area contributed by atoms with Gasteiger partial charge < -0.3 is 14.7 Å². The standard InChI is InChI=1S/C16H18F3NO4/c1-10(15(22)23)20(12-5-6-12)14(21)8-11-3-2-4-13(7-11)24-9-16(17,18)19/h2-4,7,10,12H,5-6,8-9H2,1H3,(H,22,23). The van der Waals surface area contributed by atoms with Crippen molar-refractivity contribution in [2.24, 2.45) is 0 Å². The molecule has 5 nitrogen and oxygen atoms in total. The van der Waals surface area contributed by atoms with Crippen molar-refractivity contribution in [1.82, 2.24) is 4.90 Å². The molecule has 0 bridgehead atoms. The van der Waals surface area contributed by atoms with Crippen molar-refractivity contribution in [2.45, 2.75) is 44.4 Å². The zero-order valence-corrected chi connectivity index (χ0v) is 13.0. The van der Waals surface area contributed by atoms with Gasteiger partial charge in [-0.3, -0.25) is 4.79 Å². The van der Waals surface area contributed by atoms with E-state index in [2.05, 4.69) is 4.74 Å². The van der Waals surface area contributed by atoms with Crippen LogP contribution in [0, 0.1) is 0 Å². The zero-order valence-electron chi connectivity index (χ0n) is 13.0. The number of amides is 1. The van der Waals surface area contributed by atoms with Crippen molar-refractivity contribution in [2.75, 3.05) is 6.61 Å². The maximum atomic E-state index is 12.4. The lowest BCUT2D eigenvalue weighted by Gasteiger charge is -2.26. The molecule has 1 amide bonds. The minimum Gasteiger partial charge on any atom is -0.484 e. The predicted octanol–water partition coefficient (Wildman–Crippen LogP) is 2.63. The van der Waals surface area contributed by atoms with Gasteiger partial charge in [0.25, 0.3) is 0 Å². The van der Waals surface area contributed by atoms with Crippen molar-refractivity contribution in [3.05, 3.63) is 29.8 Å². The number of hydrogen-bond acceptors (Lipinski definition) is 3. The summed E-state index contributed by atoms with van der Waals surface area (Å²) in [5, 5.41) is 9.11. The number of carbonyl (C=O) groups excluding carboxylic acids is 1. The van der Waals surface area contributed by atoms with Crippen LogP contribution in [0.3, 0.4) is 0 Å². The molecule has 0 spiro atoms. The van der Waals surface area contributed by atoms with E-state index in [4.69, 9.17) is 5.11 Å². The Hall–Kier alpha value is -2.25. The fourth-order valence-electron chi connectivity index (χ4n) is 2.38. The third-order valence-corrected chi connectivity index (χ3v) is 3.66. The molecule has 0 radical (unpaired) electrons. The Morgan fingerprint density at radius 2 is 2.04 bits per heavy atom. The van der Waals surface area contributed by atoms with Crippen LogP contribution in [-0.4, -0.2) is 46.7 Å². The molecular formula is C16H18F3NO4. The van der Waals surface area contributed by atoms with Crippen LogP contribution < -0.4 is 4.74 Å². The normalized spacial score (nSPS) is 15.7. The van der Waals surface area contributed by atoms with Crippen LogP contribution in [0.5, 0.6) is 5.75 Å². The highest BCUT2D eigenvalue weighted by Gasteiger charge is 2.38. The number of ether oxygens (including phenoxy) is 1. The Bertz CT molecular complexity index is 614. The molecule has 1 N–H and O–H groups in total. The third kappa shape index (κ3) is 5.14. The van der Waals surface area contributed by atoms with Crippen LogP contribution in [0.4, 0.5) is 13.2 Å². The quantitative estimate of drug-likeness (QED) is 0.825. The number of carbonyl (C=O) groups is 2. The Labute approximate surface area is 137 Å². The number of hydrogen-bond donors (Lipinski definition) is 1. The van der Waals surface area contributed by atoms with Crippen LogP contribution in [-0.2, 0) is 16.0 Å². The Morgan fingerprint density at radius 1 is 1.38 bits per heavy atom. The number of aliphatic carboxylic acids is 1. The Balaban J connectivity index is 2.04. The van der Waals surface area contributed by atoms with E-state index in [9.17, 15) is 22.8 Å². The minimum atomic E-state index is -4.44. The van der Waals surface area contributed by atoms with Gasteiger partial charge in [-0.1, -0.05) is 12.1 Å². The minimum absolute atomic E-state index is 0.0156. The van der Waals surface area contributed by atoms with Crippen molar-refractivity contribution in [3.63, 3.8) is 0 Å². The summed E-state index contributed by atoms with van der Waals surface area (Å²) in [6.07, 6.45) is -3.00. The number of benzene rings is 1. The molecule has 1 fully saturated rings. The smallest absolute Gasteiger partial charge is 0.422 e. The second kappa shape index (κ2) is 7.11. The molecule has 1 unspecified atom stereocenters. The SMILES string of the molecule is CC(C(=O)O)N(C(=O)Cc1cccc(OCC(F)(F)F)c1)C1CC1. The highest BCUT2D eigenvalue weighted by molar-refractivity contribution is 5.85. The predicted molar refractivity (Wildman–Crippen MR) is 78.7 cm³/mol. The molecule has 1 atom stereocenters. The lowest BCUT2D eigenvalue weighted by molar-refractivity contribution is -0.153. The van der Waals surface area contributed by atoms with E-state index in [0.29, 0.717) is 5.56 Å². The first-order valence-electron chi connectivity index (χ1n) is 7.50. The van der Waals surface area contributed by atoms with Gasteiger partial charge in [0, 0.05) is 6.04 Å². The maximum absolute atomic E-state index is 12.4. The number of carboxylic acids is 1. The van der Waals surface area contributed by atoms with E-state index in [1.54, 1.807) is 6.07 Å². The van der Waals surface area contributed by atoms with Gasteiger partial charge in [0.05, 0.1) is 6.42 Å². The van der Waals surface area contributed by atoms with Gasteiger partial charge in [-0.15, -0.1) is 0 Å². The summed E-state index contributed by atoms with van der Waals surface area (Å²) in [6, 6.07) is 4.81.